The van der Waals surface area contributed by atoms with Crippen LogP contribution in [0, 0.1) is 0 Å². The molecule has 1 aliphatic rings. The zero-order valence-electron chi connectivity index (χ0n) is 16.5. The number of rotatable bonds is 5. The van der Waals surface area contributed by atoms with Crippen molar-refractivity contribution in [3.8, 4) is 11.3 Å². The van der Waals surface area contributed by atoms with Crippen molar-refractivity contribution in [2.45, 2.75) is 18.6 Å². The lowest BCUT2D eigenvalue weighted by Gasteiger charge is -2.22. The molecule has 9 heteroatoms. The number of thiazole rings is 1. The van der Waals surface area contributed by atoms with Gasteiger partial charge in [0.25, 0.3) is 5.91 Å². The lowest BCUT2D eigenvalue weighted by Crippen LogP contribution is -2.45. The summed E-state index contributed by atoms with van der Waals surface area (Å²) in [7, 11) is 0. The molecule has 7 nitrogen and oxygen atoms in total. The van der Waals surface area contributed by atoms with Crippen molar-refractivity contribution in [1.82, 2.24) is 19.9 Å². The van der Waals surface area contributed by atoms with Gasteiger partial charge in [0, 0.05) is 52.8 Å². The van der Waals surface area contributed by atoms with E-state index in [-0.39, 0.29) is 0 Å². The van der Waals surface area contributed by atoms with Crippen molar-refractivity contribution in [2.75, 3.05) is 18.4 Å². The topological polar surface area (TPSA) is 94.1 Å². The lowest BCUT2D eigenvalue weighted by atomic mass is 10.0. The van der Waals surface area contributed by atoms with Crippen LogP contribution in [-0.2, 0) is 11.3 Å². The normalized spacial score (nSPS) is 19.2. The summed E-state index contributed by atoms with van der Waals surface area (Å²) in [6, 6.07) is 12.0. The Morgan fingerprint density at radius 1 is 1.35 bits per heavy atom. The van der Waals surface area contributed by atoms with E-state index in [0.29, 0.717) is 31.2 Å². The molecule has 3 aromatic heterocycles. The van der Waals surface area contributed by atoms with E-state index in [1.165, 1.54) is 11.3 Å². The molecule has 1 unspecified atom stereocenters. The third kappa shape index (κ3) is 4.14. The highest BCUT2D eigenvalue weighted by Gasteiger charge is 2.43. The number of likely N-dealkylation sites (tertiary alicyclic amines) is 1. The van der Waals surface area contributed by atoms with Gasteiger partial charge in [-0.25, -0.2) is 9.97 Å². The third-order valence-corrected chi connectivity index (χ3v) is 6.69. The number of nitrogens with one attached hydrogen (secondary N) is 2. The summed E-state index contributed by atoms with van der Waals surface area (Å²) < 4.78 is 0.883. The summed E-state index contributed by atoms with van der Waals surface area (Å²) in [4.78, 5) is 27.0. The van der Waals surface area contributed by atoms with Crippen molar-refractivity contribution >= 4 is 49.3 Å². The highest BCUT2D eigenvalue weighted by atomic mass is 79.9. The molecular formula is C22H20BrN5O2S. The molecule has 1 fully saturated rings. The summed E-state index contributed by atoms with van der Waals surface area (Å²) in [5.74, 6) is -0.410. The number of hydrogen-bond acceptors (Lipinski definition) is 6. The number of aromatic nitrogens is 3. The molecule has 1 amide bonds. The van der Waals surface area contributed by atoms with Crippen LogP contribution < -0.4 is 5.32 Å². The Labute approximate surface area is 191 Å². The number of carbonyl (C=O) groups is 1. The first-order valence-corrected chi connectivity index (χ1v) is 11.6. The van der Waals surface area contributed by atoms with Crippen LogP contribution in [0.4, 0.5) is 5.13 Å². The molecule has 1 saturated heterocycles. The van der Waals surface area contributed by atoms with Gasteiger partial charge in [-0.05, 0) is 34.0 Å². The SMILES string of the molecule is O=C(Nc1nc(-c2c[nH]c3ncc(Br)cc23)cs1)C1(O)CCN(Cc2ccccc2)C1. The number of anilines is 1. The lowest BCUT2D eigenvalue weighted by molar-refractivity contribution is -0.132. The van der Waals surface area contributed by atoms with Gasteiger partial charge in [0.15, 0.2) is 10.7 Å². The molecule has 4 aromatic rings. The monoisotopic (exact) mass is 497 g/mol. The van der Waals surface area contributed by atoms with E-state index in [1.54, 1.807) is 6.20 Å². The number of aromatic amines is 1. The maximum atomic E-state index is 12.8. The molecule has 3 N–H and O–H groups in total. The predicted molar refractivity (Wildman–Crippen MR) is 125 cm³/mol. The van der Waals surface area contributed by atoms with Crippen LogP contribution in [0.5, 0.6) is 0 Å². The maximum absolute atomic E-state index is 12.8. The number of amides is 1. The van der Waals surface area contributed by atoms with Crippen molar-refractivity contribution in [1.29, 1.82) is 0 Å². The zero-order chi connectivity index (χ0) is 21.4. The molecule has 158 valence electrons. The fraction of sp³-hybridized carbons (Fsp3) is 0.227. The van der Waals surface area contributed by atoms with Crippen LogP contribution in [0.25, 0.3) is 22.3 Å². The second-order valence-electron chi connectivity index (χ2n) is 7.72. The first-order valence-electron chi connectivity index (χ1n) is 9.89. The standard InChI is InChI=1S/C22H20BrN5O2S/c23-15-8-16-17(10-25-19(16)24-9-15)18-12-31-21(26-18)27-20(29)22(30)6-7-28(13-22)11-14-4-2-1-3-5-14/h1-5,8-10,12,30H,6-7,11,13H2,(H,24,25)(H,26,27,29). The van der Waals surface area contributed by atoms with Gasteiger partial charge in [-0.15, -0.1) is 11.3 Å². The average molecular weight is 498 g/mol. The minimum absolute atomic E-state index is 0.300. The molecule has 4 heterocycles. The number of halogens is 1. The molecule has 0 spiro atoms. The quantitative estimate of drug-likeness (QED) is 0.387. The Balaban J connectivity index is 1.28. The Hall–Kier alpha value is -2.59. The highest BCUT2D eigenvalue weighted by Crippen LogP contribution is 2.32. The Morgan fingerprint density at radius 3 is 3.03 bits per heavy atom. The molecule has 0 bridgehead atoms. The number of benzene rings is 1. The van der Waals surface area contributed by atoms with Crippen molar-refractivity contribution in [3.05, 3.63) is 64.2 Å². The van der Waals surface area contributed by atoms with Crippen LogP contribution in [0.3, 0.4) is 0 Å². The molecule has 31 heavy (non-hydrogen) atoms. The Bertz CT molecular complexity index is 1240. The summed E-state index contributed by atoms with van der Waals surface area (Å²) in [5.41, 5.74) is 2.17. The first-order chi connectivity index (χ1) is 15.0. The van der Waals surface area contributed by atoms with E-state index in [9.17, 15) is 9.90 Å². The highest BCUT2D eigenvalue weighted by molar-refractivity contribution is 9.10. The molecule has 0 radical (unpaired) electrons. The molecule has 0 aliphatic carbocycles. The second kappa shape index (κ2) is 8.16. The molecule has 1 atom stereocenters. The van der Waals surface area contributed by atoms with E-state index in [2.05, 4.69) is 41.1 Å². The second-order valence-corrected chi connectivity index (χ2v) is 9.50. The number of pyridine rings is 1. The Kier molecular flexibility index (Phi) is 5.35. The number of β-amino-alcohol motifs (C(OH)–C–C–N with tert-alkyl or cyclic N) is 1. The summed E-state index contributed by atoms with van der Waals surface area (Å²) in [6.07, 6.45) is 3.99. The maximum Gasteiger partial charge on any atom is 0.259 e. The molecule has 1 aliphatic heterocycles. The zero-order valence-corrected chi connectivity index (χ0v) is 18.9. The van der Waals surface area contributed by atoms with Gasteiger partial charge in [0.1, 0.15) is 5.65 Å². The van der Waals surface area contributed by atoms with Gasteiger partial charge < -0.3 is 10.1 Å². The number of fused-ring (bicyclic) bond motifs is 1. The van der Waals surface area contributed by atoms with E-state index in [0.717, 1.165) is 32.3 Å². The number of nitrogens with zero attached hydrogens (tertiary/aromatic N) is 3. The van der Waals surface area contributed by atoms with Gasteiger partial charge in [-0.1, -0.05) is 30.3 Å². The smallest absolute Gasteiger partial charge is 0.259 e. The molecular weight excluding hydrogens is 478 g/mol. The van der Waals surface area contributed by atoms with Gasteiger partial charge in [-0.3, -0.25) is 15.0 Å². The first kappa shape index (κ1) is 20.3. The van der Waals surface area contributed by atoms with E-state index < -0.39 is 11.5 Å². The van der Waals surface area contributed by atoms with Gasteiger partial charge in [-0.2, -0.15) is 0 Å². The van der Waals surface area contributed by atoms with Gasteiger partial charge in [0.2, 0.25) is 0 Å². The van der Waals surface area contributed by atoms with Crippen LogP contribution in [0.2, 0.25) is 0 Å². The van der Waals surface area contributed by atoms with E-state index in [1.807, 2.05) is 48.0 Å². The minimum Gasteiger partial charge on any atom is -0.379 e. The number of aliphatic hydroxyl groups is 1. The van der Waals surface area contributed by atoms with Crippen molar-refractivity contribution < 1.29 is 9.90 Å². The summed E-state index contributed by atoms with van der Waals surface area (Å²) in [5, 5.41) is 17.0. The van der Waals surface area contributed by atoms with E-state index in [4.69, 9.17) is 0 Å². The average Bonchev–Trinajstić information content (AvgIpc) is 3.48. The summed E-state index contributed by atoms with van der Waals surface area (Å²) in [6.45, 7) is 1.68. The van der Waals surface area contributed by atoms with E-state index >= 15 is 0 Å². The molecule has 1 aromatic carbocycles. The minimum atomic E-state index is -1.42. The van der Waals surface area contributed by atoms with Crippen molar-refractivity contribution in [3.63, 3.8) is 0 Å². The number of H-pyrrole nitrogens is 1. The fourth-order valence-electron chi connectivity index (χ4n) is 3.89. The summed E-state index contributed by atoms with van der Waals surface area (Å²) >= 11 is 4.78. The number of carbonyl (C=O) groups excluding carboxylic acids is 1. The molecule has 0 saturated carbocycles. The third-order valence-electron chi connectivity index (χ3n) is 5.50. The van der Waals surface area contributed by atoms with Gasteiger partial charge >= 0.3 is 0 Å². The van der Waals surface area contributed by atoms with Gasteiger partial charge in [0.05, 0.1) is 5.69 Å². The van der Waals surface area contributed by atoms with Crippen LogP contribution in [0.1, 0.15) is 12.0 Å². The molecule has 5 rings (SSSR count). The number of hydrogen-bond donors (Lipinski definition) is 3. The largest absolute Gasteiger partial charge is 0.379 e. The van der Waals surface area contributed by atoms with Crippen molar-refractivity contribution in [2.24, 2.45) is 0 Å². The van der Waals surface area contributed by atoms with Crippen LogP contribution in [-0.4, -0.2) is 49.6 Å². The van der Waals surface area contributed by atoms with Crippen LogP contribution in [0.15, 0.2) is 58.6 Å². The Morgan fingerprint density at radius 2 is 2.19 bits per heavy atom. The fourth-order valence-corrected chi connectivity index (χ4v) is 4.93. The predicted octanol–water partition coefficient (Wildman–Crippen LogP) is 4.02. The van der Waals surface area contributed by atoms with Crippen LogP contribution >= 0.6 is 27.3 Å².